The van der Waals surface area contributed by atoms with Crippen molar-refractivity contribution in [1.82, 2.24) is 15.5 Å². The van der Waals surface area contributed by atoms with Gasteiger partial charge in [0.05, 0.1) is 11.0 Å². The largest absolute Gasteiger partial charge is 0.435 e. The van der Waals surface area contributed by atoms with Gasteiger partial charge in [-0.1, -0.05) is 24.3 Å². The van der Waals surface area contributed by atoms with Gasteiger partial charge in [-0.3, -0.25) is 9.59 Å². The van der Waals surface area contributed by atoms with E-state index in [-0.39, 0.29) is 30.0 Å². The van der Waals surface area contributed by atoms with E-state index in [0.717, 1.165) is 44.6 Å². The molecule has 4 fully saturated rings. The number of benzene rings is 2. The van der Waals surface area contributed by atoms with Crippen molar-refractivity contribution in [3.63, 3.8) is 0 Å². The minimum atomic E-state index is -4.48. The van der Waals surface area contributed by atoms with Gasteiger partial charge in [0.1, 0.15) is 11.8 Å². The van der Waals surface area contributed by atoms with E-state index in [2.05, 4.69) is 20.3 Å². The Balaban J connectivity index is 1.32. The van der Waals surface area contributed by atoms with E-state index in [1.807, 2.05) is 0 Å². The van der Waals surface area contributed by atoms with Gasteiger partial charge in [0.25, 0.3) is 0 Å². The maximum absolute atomic E-state index is 13.5. The lowest BCUT2D eigenvalue weighted by atomic mass is 9.84. The molecule has 3 aliphatic heterocycles. The molecule has 2 N–H and O–H groups in total. The number of fused-ring (bicyclic) bond motifs is 3. The third-order valence-corrected chi connectivity index (χ3v) is 8.14. The minimum Gasteiger partial charge on any atom is -0.435 e. The number of halogens is 5. The summed E-state index contributed by atoms with van der Waals surface area (Å²) in [7, 11) is 0. The van der Waals surface area contributed by atoms with Crippen LogP contribution in [-0.2, 0) is 27.6 Å². The quantitative estimate of drug-likeness (QED) is 0.457. The minimum absolute atomic E-state index is 0.0219. The summed E-state index contributed by atoms with van der Waals surface area (Å²) in [6.45, 7) is -0.248. The van der Waals surface area contributed by atoms with Crippen LogP contribution in [0, 0.1) is 5.92 Å². The topological polar surface area (TPSA) is 70.7 Å². The van der Waals surface area contributed by atoms with Gasteiger partial charge in [0.2, 0.25) is 11.8 Å². The first-order valence-electron chi connectivity index (χ1n) is 13.1. The molecule has 0 radical (unpaired) electrons. The number of nitrogens with zero attached hydrogens (tertiary/aromatic N) is 1. The molecule has 11 heteroatoms. The molecular weight excluding hydrogens is 521 g/mol. The van der Waals surface area contributed by atoms with Gasteiger partial charge in [-0.15, -0.1) is 0 Å². The lowest BCUT2D eigenvalue weighted by molar-refractivity contribution is -0.137. The van der Waals surface area contributed by atoms with Crippen LogP contribution in [0.5, 0.6) is 5.75 Å². The van der Waals surface area contributed by atoms with Gasteiger partial charge in [0, 0.05) is 19.0 Å². The number of piperidine rings is 3. The molecule has 2 atom stereocenters. The number of hydrogen-bond donors (Lipinski definition) is 2. The number of ether oxygens (including phenoxy) is 1. The SMILES string of the molecule is O=C(NC1CN2CCC1CC2)[C@H](Cc1ccc(C(F)(F)F)cc1)NC(=O)C1(c2ccc(OC(F)F)cc2)CC1. The molecule has 6 nitrogen and oxygen atoms in total. The first-order chi connectivity index (χ1) is 18.5. The molecule has 2 amide bonds. The van der Waals surface area contributed by atoms with Gasteiger partial charge < -0.3 is 20.3 Å². The van der Waals surface area contributed by atoms with E-state index in [1.54, 1.807) is 12.1 Å². The monoisotopic (exact) mass is 551 g/mol. The van der Waals surface area contributed by atoms with Gasteiger partial charge in [-0.2, -0.15) is 22.0 Å². The molecule has 4 aliphatic rings. The Morgan fingerprint density at radius 2 is 1.64 bits per heavy atom. The van der Waals surface area contributed by atoms with Gasteiger partial charge in [0.15, 0.2) is 0 Å². The number of amides is 2. The van der Waals surface area contributed by atoms with Crippen LogP contribution in [-0.4, -0.2) is 55.0 Å². The van der Waals surface area contributed by atoms with E-state index < -0.39 is 29.8 Å². The maximum Gasteiger partial charge on any atom is 0.416 e. The highest BCUT2D eigenvalue weighted by Crippen LogP contribution is 2.49. The number of carbonyl (C=O) groups is 2. The molecule has 2 bridgehead atoms. The van der Waals surface area contributed by atoms with Crippen LogP contribution in [0.25, 0.3) is 0 Å². The fraction of sp³-hybridized carbons (Fsp3) is 0.500. The highest BCUT2D eigenvalue weighted by Gasteiger charge is 2.52. The number of rotatable bonds is 9. The highest BCUT2D eigenvalue weighted by atomic mass is 19.4. The standard InChI is InChI=1S/C28H30F5N3O3/c29-26(30)39-21-7-5-19(6-8-21)27(11-12-27)25(38)35-22(15-17-1-3-20(4-2-17)28(31,32)33)24(37)34-23-16-36-13-9-18(23)10-14-36/h1-8,18,22-23,26H,9-16H2,(H,34,37)(H,35,38)/t22-,23?/m0/s1. The lowest BCUT2D eigenvalue weighted by Gasteiger charge is -2.45. The molecule has 0 aromatic heterocycles. The van der Waals surface area contributed by atoms with Crippen molar-refractivity contribution in [3.8, 4) is 5.75 Å². The van der Waals surface area contributed by atoms with Crippen LogP contribution < -0.4 is 15.4 Å². The predicted octanol–water partition coefficient (Wildman–Crippen LogP) is 4.28. The summed E-state index contributed by atoms with van der Waals surface area (Å²) < 4.78 is 68.5. The Morgan fingerprint density at radius 1 is 1.00 bits per heavy atom. The Hall–Kier alpha value is -3.21. The fourth-order valence-corrected chi connectivity index (χ4v) is 5.71. The van der Waals surface area contributed by atoms with Crippen LogP contribution in [0.15, 0.2) is 48.5 Å². The molecule has 3 saturated heterocycles. The number of carbonyl (C=O) groups excluding carboxylic acids is 2. The molecular formula is C28H30F5N3O3. The predicted molar refractivity (Wildman–Crippen MR) is 132 cm³/mol. The average molecular weight is 552 g/mol. The molecule has 2 aromatic rings. The molecule has 2 aromatic carbocycles. The van der Waals surface area contributed by atoms with Crippen molar-refractivity contribution in [2.75, 3.05) is 19.6 Å². The van der Waals surface area contributed by atoms with Crippen molar-refractivity contribution in [3.05, 3.63) is 65.2 Å². The van der Waals surface area contributed by atoms with Crippen molar-refractivity contribution in [2.24, 2.45) is 5.92 Å². The second kappa shape index (κ2) is 10.7. The van der Waals surface area contributed by atoms with E-state index in [4.69, 9.17) is 0 Å². The lowest BCUT2D eigenvalue weighted by Crippen LogP contribution is -2.60. The zero-order valence-electron chi connectivity index (χ0n) is 21.1. The van der Waals surface area contributed by atoms with Gasteiger partial charge in [-0.05, 0) is 80.1 Å². The normalized spacial score (nSPS) is 24.2. The molecule has 1 aliphatic carbocycles. The summed E-state index contributed by atoms with van der Waals surface area (Å²) >= 11 is 0. The van der Waals surface area contributed by atoms with E-state index >= 15 is 0 Å². The Morgan fingerprint density at radius 3 is 2.15 bits per heavy atom. The second-order valence-electron chi connectivity index (χ2n) is 10.7. The van der Waals surface area contributed by atoms with Gasteiger partial charge in [-0.25, -0.2) is 0 Å². The summed E-state index contributed by atoms with van der Waals surface area (Å²) in [4.78, 5) is 29.3. The number of nitrogens with one attached hydrogen (secondary N) is 2. The van der Waals surface area contributed by atoms with Gasteiger partial charge >= 0.3 is 12.8 Å². The summed E-state index contributed by atoms with van der Waals surface area (Å²) in [6, 6.07) is 9.37. The first kappa shape index (κ1) is 27.4. The van der Waals surface area contributed by atoms with Crippen molar-refractivity contribution in [2.45, 2.75) is 62.4 Å². The second-order valence-corrected chi connectivity index (χ2v) is 10.7. The molecule has 39 heavy (non-hydrogen) atoms. The van der Waals surface area contributed by atoms with Crippen molar-refractivity contribution < 1.29 is 36.3 Å². The smallest absolute Gasteiger partial charge is 0.416 e. The van der Waals surface area contributed by atoms with Crippen LogP contribution in [0.1, 0.15) is 42.4 Å². The average Bonchev–Trinajstić information content (AvgIpc) is 3.71. The first-order valence-corrected chi connectivity index (χ1v) is 13.1. The van der Waals surface area contributed by atoms with Crippen LogP contribution in [0.4, 0.5) is 22.0 Å². The van der Waals surface area contributed by atoms with Crippen molar-refractivity contribution in [1.29, 1.82) is 0 Å². The Bertz CT molecular complexity index is 1170. The number of hydrogen-bond acceptors (Lipinski definition) is 4. The van der Waals surface area contributed by atoms with E-state index in [1.165, 1.54) is 24.3 Å². The van der Waals surface area contributed by atoms with E-state index in [0.29, 0.717) is 29.9 Å². The molecule has 1 saturated carbocycles. The number of alkyl halides is 5. The Labute approximate surface area is 222 Å². The molecule has 6 rings (SSSR count). The zero-order chi connectivity index (χ0) is 27.8. The fourth-order valence-electron chi connectivity index (χ4n) is 5.71. The van der Waals surface area contributed by atoms with E-state index in [9.17, 15) is 31.5 Å². The summed E-state index contributed by atoms with van der Waals surface area (Å²) in [5, 5.41) is 5.94. The third kappa shape index (κ3) is 6.18. The molecule has 210 valence electrons. The zero-order valence-corrected chi connectivity index (χ0v) is 21.1. The van der Waals surface area contributed by atoms with Crippen LogP contribution >= 0.6 is 0 Å². The molecule has 1 unspecified atom stereocenters. The molecule has 3 heterocycles. The third-order valence-electron chi connectivity index (χ3n) is 8.14. The highest BCUT2D eigenvalue weighted by molar-refractivity contribution is 5.95. The summed E-state index contributed by atoms with van der Waals surface area (Å²) in [5.74, 6) is -0.434. The molecule has 0 spiro atoms. The summed E-state index contributed by atoms with van der Waals surface area (Å²) in [5.41, 5.74) is -0.597. The Kier molecular flexibility index (Phi) is 7.54. The van der Waals surface area contributed by atoms with Crippen molar-refractivity contribution >= 4 is 11.8 Å². The van der Waals surface area contributed by atoms with Crippen LogP contribution in [0.2, 0.25) is 0 Å². The van der Waals surface area contributed by atoms with Crippen LogP contribution in [0.3, 0.4) is 0 Å². The summed E-state index contributed by atoms with van der Waals surface area (Å²) in [6.07, 6.45) is -1.46. The maximum atomic E-state index is 13.5.